The van der Waals surface area contributed by atoms with Gasteiger partial charge in [-0.15, -0.1) is 0 Å². The molecule has 0 unspecified atom stereocenters. The number of nitrogens with zero attached hydrogens (tertiary/aromatic N) is 1. The minimum Gasteiger partial charge on any atom is -0.495 e. The van der Waals surface area contributed by atoms with Crippen LogP contribution in [0.15, 0.2) is 48.5 Å². The van der Waals surface area contributed by atoms with Gasteiger partial charge in [0.2, 0.25) is 5.91 Å². The van der Waals surface area contributed by atoms with Crippen molar-refractivity contribution in [2.75, 3.05) is 45.3 Å². The van der Waals surface area contributed by atoms with Gasteiger partial charge in [0.15, 0.2) is 0 Å². The number of hydrogen-bond acceptors (Lipinski definition) is 5. The predicted octanol–water partition coefficient (Wildman–Crippen LogP) is 3.63. The predicted molar refractivity (Wildman–Crippen MR) is 125 cm³/mol. The van der Waals surface area contributed by atoms with Gasteiger partial charge in [0.1, 0.15) is 11.8 Å². The van der Waals surface area contributed by atoms with E-state index in [1.165, 1.54) is 0 Å². The van der Waals surface area contributed by atoms with Gasteiger partial charge in [-0.3, -0.25) is 9.69 Å². The molecule has 1 saturated heterocycles. The van der Waals surface area contributed by atoms with Gasteiger partial charge in [0.25, 0.3) is 0 Å². The minimum absolute atomic E-state index is 0.0976. The van der Waals surface area contributed by atoms with Crippen LogP contribution in [0.5, 0.6) is 5.75 Å². The fourth-order valence-electron chi connectivity index (χ4n) is 4.07. The maximum Gasteiger partial charge on any atom is 0.246 e. The fourth-order valence-corrected chi connectivity index (χ4v) is 4.07. The average Bonchev–Trinajstić information content (AvgIpc) is 2.78. The molecule has 2 aromatic carbocycles. The lowest BCUT2D eigenvalue weighted by atomic mass is 10.00. The van der Waals surface area contributed by atoms with Crippen molar-refractivity contribution in [2.45, 2.75) is 32.9 Å². The average molecular weight is 426 g/mol. The molecule has 2 atom stereocenters. The van der Waals surface area contributed by atoms with Crippen LogP contribution in [0.2, 0.25) is 0 Å². The summed E-state index contributed by atoms with van der Waals surface area (Å²) in [7, 11) is 1.61. The van der Waals surface area contributed by atoms with Crippen molar-refractivity contribution in [2.24, 2.45) is 5.92 Å². The number of hydrogen-bond donors (Lipinski definition) is 2. The van der Waals surface area contributed by atoms with Crippen molar-refractivity contribution in [3.8, 4) is 5.75 Å². The molecule has 0 saturated carbocycles. The number of rotatable bonds is 9. The monoisotopic (exact) mass is 425 g/mol. The second-order valence-electron chi connectivity index (χ2n) is 8.40. The van der Waals surface area contributed by atoms with E-state index in [-0.39, 0.29) is 5.91 Å². The fraction of sp³-hybridized carbons (Fsp3) is 0.480. The van der Waals surface area contributed by atoms with E-state index in [4.69, 9.17) is 9.47 Å². The number of benzene rings is 2. The molecule has 168 valence electrons. The number of aryl methyl sites for hydroxylation is 1. The Morgan fingerprint density at radius 3 is 2.48 bits per heavy atom. The van der Waals surface area contributed by atoms with E-state index in [2.05, 4.69) is 29.4 Å². The number of amides is 1. The molecule has 2 N–H and O–H groups in total. The highest BCUT2D eigenvalue weighted by Gasteiger charge is 2.27. The zero-order valence-corrected chi connectivity index (χ0v) is 19.1. The second kappa shape index (κ2) is 11.3. The Morgan fingerprint density at radius 2 is 1.84 bits per heavy atom. The SMILES string of the molecule is COc1ccc(C)cc1NC(=O)[C@H](NC[C@@H](C(C)C)N1CCOCC1)c1ccccc1. The summed E-state index contributed by atoms with van der Waals surface area (Å²) in [6.45, 7) is 10.6. The topological polar surface area (TPSA) is 62.8 Å². The first-order chi connectivity index (χ1) is 15.0. The number of ether oxygens (including phenoxy) is 2. The molecule has 1 fully saturated rings. The number of carbonyl (C=O) groups excluding carboxylic acids is 1. The zero-order chi connectivity index (χ0) is 22.2. The zero-order valence-electron chi connectivity index (χ0n) is 19.1. The third kappa shape index (κ3) is 6.29. The second-order valence-corrected chi connectivity index (χ2v) is 8.40. The largest absolute Gasteiger partial charge is 0.495 e. The van der Waals surface area contributed by atoms with Gasteiger partial charge < -0.3 is 20.1 Å². The van der Waals surface area contributed by atoms with Crippen LogP contribution in [0, 0.1) is 12.8 Å². The highest BCUT2D eigenvalue weighted by atomic mass is 16.5. The molecular formula is C25H35N3O3. The van der Waals surface area contributed by atoms with Gasteiger partial charge in [0.05, 0.1) is 26.0 Å². The molecule has 2 aromatic rings. The lowest BCUT2D eigenvalue weighted by molar-refractivity contribution is -0.118. The number of anilines is 1. The van der Waals surface area contributed by atoms with Gasteiger partial charge >= 0.3 is 0 Å². The lowest BCUT2D eigenvalue weighted by Gasteiger charge is -2.37. The maximum absolute atomic E-state index is 13.4. The number of methoxy groups -OCH3 is 1. The molecule has 1 aliphatic rings. The Hall–Kier alpha value is -2.41. The van der Waals surface area contributed by atoms with E-state index in [1.807, 2.05) is 55.5 Å². The van der Waals surface area contributed by atoms with Gasteiger partial charge in [0, 0.05) is 25.7 Å². The maximum atomic E-state index is 13.4. The number of carbonyl (C=O) groups is 1. The minimum atomic E-state index is -0.464. The van der Waals surface area contributed by atoms with Crippen LogP contribution in [0.4, 0.5) is 5.69 Å². The third-order valence-electron chi connectivity index (χ3n) is 5.82. The number of morpholine rings is 1. The summed E-state index contributed by atoms with van der Waals surface area (Å²) in [5.74, 6) is 1.01. The Bertz CT molecular complexity index is 835. The Morgan fingerprint density at radius 1 is 1.13 bits per heavy atom. The molecule has 0 radical (unpaired) electrons. The molecule has 1 amide bonds. The molecule has 6 heteroatoms. The molecule has 0 spiro atoms. The van der Waals surface area contributed by atoms with Gasteiger partial charge in [-0.25, -0.2) is 0 Å². The van der Waals surface area contributed by atoms with Gasteiger partial charge in [-0.2, -0.15) is 0 Å². The number of nitrogens with one attached hydrogen (secondary N) is 2. The van der Waals surface area contributed by atoms with E-state index in [1.54, 1.807) is 7.11 Å². The van der Waals surface area contributed by atoms with Crippen molar-refractivity contribution >= 4 is 11.6 Å². The lowest BCUT2D eigenvalue weighted by Crippen LogP contribution is -2.51. The van der Waals surface area contributed by atoms with Gasteiger partial charge in [-0.05, 0) is 36.1 Å². The molecule has 31 heavy (non-hydrogen) atoms. The molecule has 1 heterocycles. The first-order valence-electron chi connectivity index (χ1n) is 11.0. The normalized spacial score (nSPS) is 16.7. The van der Waals surface area contributed by atoms with Crippen LogP contribution in [-0.2, 0) is 9.53 Å². The summed E-state index contributed by atoms with van der Waals surface area (Å²) in [5, 5.41) is 6.62. The first kappa shape index (κ1) is 23.3. The third-order valence-corrected chi connectivity index (χ3v) is 5.82. The summed E-state index contributed by atoms with van der Waals surface area (Å²) >= 11 is 0. The summed E-state index contributed by atoms with van der Waals surface area (Å²) in [6, 6.07) is 15.5. The summed E-state index contributed by atoms with van der Waals surface area (Å²) < 4.78 is 11.0. The van der Waals surface area contributed by atoms with E-state index in [0.29, 0.717) is 23.4 Å². The first-order valence-corrected chi connectivity index (χ1v) is 11.0. The Kier molecular flexibility index (Phi) is 8.46. The van der Waals surface area contributed by atoms with Crippen LogP contribution < -0.4 is 15.4 Å². The van der Waals surface area contributed by atoms with Crippen LogP contribution >= 0.6 is 0 Å². The highest BCUT2D eigenvalue weighted by molar-refractivity contribution is 5.96. The summed E-state index contributed by atoms with van der Waals surface area (Å²) in [4.78, 5) is 15.9. The Labute approximate surface area is 185 Å². The van der Waals surface area contributed by atoms with Crippen molar-refractivity contribution < 1.29 is 14.3 Å². The molecular weight excluding hydrogens is 390 g/mol. The van der Waals surface area contributed by atoms with Crippen LogP contribution in [0.3, 0.4) is 0 Å². The molecule has 6 nitrogen and oxygen atoms in total. The van der Waals surface area contributed by atoms with Gasteiger partial charge in [-0.1, -0.05) is 50.2 Å². The summed E-state index contributed by atoms with van der Waals surface area (Å²) in [5.41, 5.74) is 2.69. The standard InChI is InChI=1S/C25H35N3O3/c1-18(2)22(28-12-14-31-15-13-28)17-26-24(20-8-6-5-7-9-20)25(29)27-21-16-19(3)10-11-23(21)30-4/h5-11,16,18,22,24,26H,12-15,17H2,1-4H3,(H,27,29)/t22-,24+/m0/s1. The van der Waals surface area contributed by atoms with E-state index < -0.39 is 6.04 Å². The van der Waals surface area contributed by atoms with Crippen LogP contribution in [0.25, 0.3) is 0 Å². The van der Waals surface area contributed by atoms with Crippen molar-refractivity contribution in [1.29, 1.82) is 0 Å². The van der Waals surface area contributed by atoms with E-state index in [0.717, 1.165) is 44.0 Å². The Balaban J connectivity index is 1.78. The summed E-state index contributed by atoms with van der Waals surface area (Å²) in [6.07, 6.45) is 0. The van der Waals surface area contributed by atoms with Crippen molar-refractivity contribution in [1.82, 2.24) is 10.2 Å². The van der Waals surface area contributed by atoms with Crippen molar-refractivity contribution in [3.05, 3.63) is 59.7 Å². The molecule has 1 aliphatic heterocycles. The highest BCUT2D eigenvalue weighted by Crippen LogP contribution is 2.27. The molecule has 0 aromatic heterocycles. The molecule has 0 aliphatic carbocycles. The van der Waals surface area contributed by atoms with Crippen molar-refractivity contribution in [3.63, 3.8) is 0 Å². The molecule has 3 rings (SSSR count). The van der Waals surface area contributed by atoms with Crippen LogP contribution in [0.1, 0.15) is 31.0 Å². The van der Waals surface area contributed by atoms with E-state index in [9.17, 15) is 4.79 Å². The van der Waals surface area contributed by atoms with E-state index >= 15 is 0 Å². The molecule has 0 bridgehead atoms. The quantitative estimate of drug-likeness (QED) is 0.642. The van der Waals surface area contributed by atoms with Crippen LogP contribution in [-0.4, -0.2) is 56.8 Å². The smallest absolute Gasteiger partial charge is 0.246 e.